The maximum Gasteiger partial charge on any atom is 0.306 e. The Morgan fingerprint density at radius 1 is 1.33 bits per heavy atom. The van der Waals surface area contributed by atoms with E-state index in [9.17, 15) is 13.2 Å². The van der Waals surface area contributed by atoms with Gasteiger partial charge in [0.2, 0.25) is 10.0 Å². The second-order valence-electron chi connectivity index (χ2n) is 5.23. The zero-order chi connectivity index (χ0) is 15.5. The number of nitriles is 1. The fourth-order valence-electron chi connectivity index (χ4n) is 2.50. The highest BCUT2D eigenvalue weighted by Crippen LogP contribution is 2.26. The molecule has 1 aliphatic carbocycles. The van der Waals surface area contributed by atoms with Gasteiger partial charge >= 0.3 is 5.97 Å². The van der Waals surface area contributed by atoms with Crippen molar-refractivity contribution in [3.05, 3.63) is 35.4 Å². The predicted molar refractivity (Wildman–Crippen MR) is 75.7 cm³/mol. The molecule has 0 radical (unpaired) electrons. The van der Waals surface area contributed by atoms with Gasteiger partial charge in [-0.15, -0.1) is 0 Å². The van der Waals surface area contributed by atoms with Gasteiger partial charge in [0.15, 0.2) is 0 Å². The van der Waals surface area contributed by atoms with Crippen LogP contribution in [0, 0.1) is 17.2 Å². The lowest BCUT2D eigenvalue weighted by Crippen LogP contribution is -2.34. The van der Waals surface area contributed by atoms with Crippen molar-refractivity contribution in [3.63, 3.8) is 0 Å². The minimum Gasteiger partial charge on any atom is -0.481 e. The van der Waals surface area contributed by atoms with E-state index in [-0.39, 0.29) is 11.8 Å². The molecular weight excluding hydrogens is 292 g/mol. The SMILES string of the molecule is N#Cc1ccc(CS(=O)(=O)NC2CCC(C(=O)O)C2)cc1. The van der Waals surface area contributed by atoms with E-state index in [0.29, 0.717) is 30.4 Å². The Hall–Kier alpha value is -1.91. The molecule has 0 spiro atoms. The molecule has 1 aromatic rings. The first-order chi connectivity index (χ1) is 9.89. The summed E-state index contributed by atoms with van der Waals surface area (Å²) in [6.45, 7) is 0. The van der Waals surface area contributed by atoms with Crippen molar-refractivity contribution in [2.45, 2.75) is 31.1 Å². The van der Waals surface area contributed by atoms with Crippen LogP contribution in [0.25, 0.3) is 0 Å². The first-order valence-electron chi connectivity index (χ1n) is 6.61. The van der Waals surface area contributed by atoms with Crippen LogP contribution in [0.3, 0.4) is 0 Å². The van der Waals surface area contributed by atoms with Gasteiger partial charge < -0.3 is 5.11 Å². The van der Waals surface area contributed by atoms with Gasteiger partial charge in [-0.2, -0.15) is 5.26 Å². The van der Waals surface area contributed by atoms with E-state index in [0.717, 1.165) is 0 Å². The second-order valence-corrected chi connectivity index (χ2v) is 6.98. The van der Waals surface area contributed by atoms with Crippen LogP contribution in [0.4, 0.5) is 0 Å². The molecular formula is C14H16N2O4S. The molecule has 1 fully saturated rings. The van der Waals surface area contributed by atoms with E-state index in [2.05, 4.69) is 4.72 Å². The fraction of sp³-hybridized carbons (Fsp3) is 0.429. The number of sulfonamides is 1. The van der Waals surface area contributed by atoms with Crippen molar-refractivity contribution in [1.82, 2.24) is 4.72 Å². The van der Waals surface area contributed by atoms with Crippen molar-refractivity contribution in [1.29, 1.82) is 5.26 Å². The van der Waals surface area contributed by atoms with Crippen LogP contribution in [-0.2, 0) is 20.6 Å². The third-order valence-corrected chi connectivity index (χ3v) is 4.97. The smallest absolute Gasteiger partial charge is 0.306 e. The van der Waals surface area contributed by atoms with E-state index >= 15 is 0 Å². The summed E-state index contributed by atoms with van der Waals surface area (Å²) in [6.07, 6.45) is 1.38. The molecule has 2 N–H and O–H groups in total. The Balaban J connectivity index is 1.96. The van der Waals surface area contributed by atoms with Crippen molar-refractivity contribution >= 4 is 16.0 Å². The minimum atomic E-state index is -3.51. The van der Waals surface area contributed by atoms with Gasteiger partial charge in [-0.3, -0.25) is 4.79 Å². The molecule has 0 bridgehead atoms. The van der Waals surface area contributed by atoms with E-state index in [1.54, 1.807) is 24.3 Å². The number of hydrogen-bond acceptors (Lipinski definition) is 4. The highest BCUT2D eigenvalue weighted by Gasteiger charge is 2.31. The number of carboxylic acids is 1. The highest BCUT2D eigenvalue weighted by atomic mass is 32.2. The number of carboxylic acid groups (broad SMARTS) is 1. The summed E-state index contributed by atoms with van der Waals surface area (Å²) in [4.78, 5) is 10.9. The molecule has 7 heteroatoms. The maximum atomic E-state index is 12.1. The number of carbonyl (C=O) groups is 1. The Morgan fingerprint density at radius 3 is 2.52 bits per heavy atom. The predicted octanol–water partition coefficient (Wildman–Crippen LogP) is 1.23. The standard InChI is InChI=1S/C14H16N2O4S/c15-8-10-1-3-11(4-2-10)9-21(19,20)16-13-6-5-12(7-13)14(17)18/h1-4,12-13,16H,5-7,9H2,(H,17,18). The third kappa shape index (κ3) is 4.28. The van der Waals surface area contributed by atoms with Gasteiger partial charge in [-0.1, -0.05) is 12.1 Å². The van der Waals surface area contributed by atoms with Crippen LogP contribution < -0.4 is 4.72 Å². The molecule has 1 aromatic carbocycles. The molecule has 2 rings (SSSR count). The number of nitrogens with zero attached hydrogens (tertiary/aromatic N) is 1. The summed E-state index contributed by atoms with van der Waals surface area (Å²) in [5, 5.41) is 17.6. The van der Waals surface area contributed by atoms with Crippen molar-refractivity contribution < 1.29 is 18.3 Å². The molecule has 2 unspecified atom stereocenters. The number of benzene rings is 1. The largest absolute Gasteiger partial charge is 0.481 e. The maximum absolute atomic E-state index is 12.1. The van der Waals surface area contributed by atoms with Crippen LogP contribution in [0.15, 0.2) is 24.3 Å². The molecule has 0 amide bonds. The Morgan fingerprint density at radius 2 is 2.00 bits per heavy atom. The van der Waals surface area contributed by atoms with E-state index in [1.165, 1.54) is 0 Å². The summed E-state index contributed by atoms with van der Waals surface area (Å²) >= 11 is 0. The summed E-state index contributed by atoms with van der Waals surface area (Å²) < 4.78 is 26.7. The van der Waals surface area contributed by atoms with E-state index in [4.69, 9.17) is 10.4 Å². The summed E-state index contributed by atoms with van der Waals surface area (Å²) in [5.74, 6) is -1.51. The Bertz CT molecular complexity index is 661. The number of nitrogens with one attached hydrogen (secondary N) is 1. The molecule has 0 aliphatic heterocycles. The van der Waals surface area contributed by atoms with Crippen LogP contribution in [-0.4, -0.2) is 25.5 Å². The Labute approximate surface area is 123 Å². The van der Waals surface area contributed by atoms with Gasteiger partial charge in [-0.25, -0.2) is 13.1 Å². The molecule has 0 aromatic heterocycles. The molecule has 0 heterocycles. The van der Waals surface area contributed by atoms with Crippen molar-refractivity contribution in [2.75, 3.05) is 0 Å². The van der Waals surface area contributed by atoms with Crippen LogP contribution in [0.1, 0.15) is 30.4 Å². The monoisotopic (exact) mass is 308 g/mol. The molecule has 112 valence electrons. The molecule has 21 heavy (non-hydrogen) atoms. The normalized spacial score (nSPS) is 21.9. The Kier molecular flexibility index (Phi) is 4.60. The lowest BCUT2D eigenvalue weighted by Gasteiger charge is -2.13. The lowest BCUT2D eigenvalue weighted by atomic mass is 10.1. The molecule has 6 nitrogen and oxygen atoms in total. The second kappa shape index (κ2) is 6.24. The van der Waals surface area contributed by atoms with E-state index < -0.39 is 21.9 Å². The zero-order valence-electron chi connectivity index (χ0n) is 11.3. The van der Waals surface area contributed by atoms with Gasteiger partial charge in [-0.05, 0) is 37.0 Å². The van der Waals surface area contributed by atoms with Crippen LogP contribution in [0.5, 0.6) is 0 Å². The number of rotatable bonds is 5. The topological polar surface area (TPSA) is 107 Å². The lowest BCUT2D eigenvalue weighted by molar-refractivity contribution is -0.141. The average Bonchev–Trinajstić information content (AvgIpc) is 2.87. The zero-order valence-corrected chi connectivity index (χ0v) is 12.1. The summed E-state index contributed by atoms with van der Waals surface area (Å²) in [5.41, 5.74) is 1.07. The quantitative estimate of drug-likeness (QED) is 0.850. The average molecular weight is 308 g/mol. The summed E-state index contributed by atoms with van der Waals surface area (Å²) in [7, 11) is -3.51. The molecule has 1 aliphatic rings. The van der Waals surface area contributed by atoms with Gasteiger partial charge in [0.1, 0.15) is 0 Å². The van der Waals surface area contributed by atoms with Gasteiger partial charge in [0, 0.05) is 6.04 Å². The molecule has 2 atom stereocenters. The van der Waals surface area contributed by atoms with Crippen LogP contribution in [0.2, 0.25) is 0 Å². The molecule has 1 saturated carbocycles. The third-order valence-electron chi connectivity index (χ3n) is 3.57. The molecule has 0 saturated heterocycles. The van der Waals surface area contributed by atoms with Gasteiger partial charge in [0.25, 0.3) is 0 Å². The first-order valence-corrected chi connectivity index (χ1v) is 8.26. The fourth-order valence-corrected chi connectivity index (χ4v) is 3.94. The highest BCUT2D eigenvalue weighted by molar-refractivity contribution is 7.88. The first kappa shape index (κ1) is 15.5. The van der Waals surface area contributed by atoms with Crippen LogP contribution >= 0.6 is 0 Å². The van der Waals surface area contributed by atoms with Crippen molar-refractivity contribution in [3.8, 4) is 6.07 Å². The van der Waals surface area contributed by atoms with E-state index in [1.807, 2.05) is 6.07 Å². The number of aliphatic carboxylic acids is 1. The number of hydrogen-bond donors (Lipinski definition) is 2. The van der Waals surface area contributed by atoms with Crippen molar-refractivity contribution in [2.24, 2.45) is 5.92 Å². The summed E-state index contributed by atoms with van der Waals surface area (Å²) in [6, 6.07) is 8.01. The van der Waals surface area contributed by atoms with Gasteiger partial charge in [0.05, 0.1) is 23.3 Å². The minimum absolute atomic E-state index is 0.174.